The lowest BCUT2D eigenvalue weighted by Gasteiger charge is -2.20. The van der Waals surface area contributed by atoms with Gasteiger partial charge in [-0.3, -0.25) is 0 Å². The summed E-state index contributed by atoms with van der Waals surface area (Å²) in [6.07, 6.45) is -0.939. The van der Waals surface area contributed by atoms with Gasteiger partial charge in [-0.2, -0.15) is 11.8 Å². The van der Waals surface area contributed by atoms with Crippen LogP contribution in [-0.4, -0.2) is 38.8 Å². The zero-order valence-corrected chi connectivity index (χ0v) is 9.67. The van der Waals surface area contributed by atoms with Gasteiger partial charge in [-0.15, -0.1) is 0 Å². The number of rotatable bonds is 5. The summed E-state index contributed by atoms with van der Waals surface area (Å²) in [4.78, 5) is 10.4. The summed E-state index contributed by atoms with van der Waals surface area (Å²) in [5, 5.41) is 17.6. The van der Waals surface area contributed by atoms with E-state index in [1.54, 1.807) is 11.8 Å². The van der Waals surface area contributed by atoms with Gasteiger partial charge in [0.25, 0.3) is 0 Å². The smallest absolute Gasteiger partial charge is 0.334 e. The summed E-state index contributed by atoms with van der Waals surface area (Å²) < 4.78 is 0.147. The number of thioether (sulfide) groups is 1. The molecule has 0 aromatic carbocycles. The Kier molecular flexibility index (Phi) is 5.48. The molecule has 0 saturated heterocycles. The van der Waals surface area contributed by atoms with Gasteiger partial charge in [0.15, 0.2) is 6.10 Å². The van der Waals surface area contributed by atoms with Gasteiger partial charge in [0.05, 0.1) is 0 Å². The molecule has 0 radical (unpaired) electrons. The van der Waals surface area contributed by atoms with Crippen molar-refractivity contribution >= 4 is 17.7 Å². The van der Waals surface area contributed by atoms with Crippen LogP contribution in [0.5, 0.6) is 0 Å². The molecule has 0 aromatic heterocycles. The second-order valence-corrected chi connectivity index (χ2v) is 6.12. The summed E-state index contributed by atoms with van der Waals surface area (Å²) in [6.45, 7) is 6.24. The van der Waals surface area contributed by atoms with Crippen molar-refractivity contribution in [1.29, 1.82) is 0 Å². The molecule has 84 valence electrons. The highest BCUT2D eigenvalue weighted by atomic mass is 32.2. The molecular formula is C9H19NO3S. The molecule has 1 unspecified atom stereocenters. The monoisotopic (exact) mass is 221 g/mol. The molecule has 5 heteroatoms. The number of nitrogens with two attached hydrogens (primary N) is 1. The van der Waals surface area contributed by atoms with E-state index in [4.69, 9.17) is 15.9 Å². The summed E-state index contributed by atoms with van der Waals surface area (Å²) >= 11 is 1.71. The Balaban J connectivity index is 3.75. The fourth-order valence-electron chi connectivity index (χ4n) is 0.842. The maximum absolute atomic E-state index is 10.4. The first-order valence-electron chi connectivity index (χ1n) is 4.54. The third-order valence-electron chi connectivity index (χ3n) is 1.64. The number of aliphatic hydroxyl groups excluding tert-OH is 1. The largest absolute Gasteiger partial charge is 0.479 e. The SMILES string of the molecule is CC(C)(C)SCC[C@@H](N)C(O)C(=O)O. The van der Waals surface area contributed by atoms with Gasteiger partial charge in [0.1, 0.15) is 0 Å². The molecule has 4 N–H and O–H groups in total. The first-order chi connectivity index (χ1) is 6.24. The molecule has 0 aliphatic carbocycles. The van der Waals surface area contributed by atoms with Crippen LogP contribution in [0.15, 0.2) is 0 Å². The highest BCUT2D eigenvalue weighted by Gasteiger charge is 2.22. The predicted octanol–water partition coefficient (Wildman–Crippen LogP) is 0.681. The van der Waals surface area contributed by atoms with Crippen molar-refractivity contribution < 1.29 is 15.0 Å². The van der Waals surface area contributed by atoms with Gasteiger partial charge in [0.2, 0.25) is 0 Å². The molecule has 0 aliphatic heterocycles. The van der Waals surface area contributed by atoms with Gasteiger partial charge in [-0.05, 0) is 12.2 Å². The van der Waals surface area contributed by atoms with Crippen LogP contribution in [-0.2, 0) is 4.79 Å². The molecule has 0 spiro atoms. The Morgan fingerprint density at radius 1 is 1.50 bits per heavy atom. The van der Waals surface area contributed by atoms with Crippen molar-refractivity contribution in [3.05, 3.63) is 0 Å². The van der Waals surface area contributed by atoms with Crippen molar-refractivity contribution in [2.45, 2.75) is 44.1 Å². The van der Waals surface area contributed by atoms with Crippen molar-refractivity contribution in [2.24, 2.45) is 5.73 Å². The number of aliphatic hydroxyl groups is 1. The lowest BCUT2D eigenvalue weighted by Crippen LogP contribution is -2.40. The molecule has 0 aliphatic rings. The Hall–Kier alpha value is -0.260. The van der Waals surface area contributed by atoms with Crippen molar-refractivity contribution in [3.63, 3.8) is 0 Å². The molecule has 4 nitrogen and oxygen atoms in total. The first kappa shape index (κ1) is 13.7. The van der Waals surface area contributed by atoms with E-state index < -0.39 is 18.1 Å². The molecule has 0 fully saturated rings. The number of hydrogen-bond acceptors (Lipinski definition) is 4. The molecule has 0 bridgehead atoms. The lowest BCUT2D eigenvalue weighted by molar-refractivity contribution is -0.147. The summed E-state index contributed by atoms with van der Waals surface area (Å²) in [7, 11) is 0. The van der Waals surface area contributed by atoms with Crippen LogP contribution in [0.1, 0.15) is 27.2 Å². The molecule has 0 aromatic rings. The van der Waals surface area contributed by atoms with E-state index >= 15 is 0 Å². The highest BCUT2D eigenvalue weighted by molar-refractivity contribution is 8.00. The minimum absolute atomic E-state index is 0.147. The minimum atomic E-state index is -1.45. The van der Waals surface area contributed by atoms with E-state index in [-0.39, 0.29) is 4.75 Å². The fraction of sp³-hybridized carbons (Fsp3) is 0.889. The lowest BCUT2D eigenvalue weighted by atomic mass is 10.1. The van der Waals surface area contributed by atoms with E-state index in [1.807, 2.05) is 0 Å². The van der Waals surface area contributed by atoms with Gasteiger partial charge in [-0.25, -0.2) is 4.79 Å². The molecule has 0 heterocycles. The minimum Gasteiger partial charge on any atom is -0.479 e. The number of carboxylic acids is 1. The molecular weight excluding hydrogens is 202 g/mol. The average Bonchev–Trinajstić information content (AvgIpc) is 2.00. The third-order valence-corrected chi connectivity index (χ3v) is 2.95. The fourth-order valence-corrected chi connectivity index (χ4v) is 1.84. The Bertz CT molecular complexity index is 191. The van der Waals surface area contributed by atoms with E-state index in [2.05, 4.69) is 20.8 Å². The molecule has 14 heavy (non-hydrogen) atoms. The number of aliphatic carboxylic acids is 1. The van der Waals surface area contributed by atoms with Crippen LogP contribution in [0.4, 0.5) is 0 Å². The van der Waals surface area contributed by atoms with Gasteiger partial charge in [-0.1, -0.05) is 20.8 Å². The Morgan fingerprint density at radius 3 is 2.36 bits per heavy atom. The van der Waals surface area contributed by atoms with Crippen LogP contribution in [0.3, 0.4) is 0 Å². The molecule has 0 rings (SSSR count). The second-order valence-electron chi connectivity index (χ2n) is 4.20. The first-order valence-corrected chi connectivity index (χ1v) is 5.53. The third kappa shape index (κ3) is 6.23. The quantitative estimate of drug-likeness (QED) is 0.636. The van der Waals surface area contributed by atoms with Gasteiger partial charge >= 0.3 is 5.97 Å². The molecule has 0 amide bonds. The zero-order valence-electron chi connectivity index (χ0n) is 8.86. The number of carbonyl (C=O) groups is 1. The zero-order chi connectivity index (χ0) is 11.4. The van der Waals surface area contributed by atoms with E-state index in [9.17, 15) is 4.79 Å². The summed E-state index contributed by atoms with van der Waals surface area (Å²) in [5.41, 5.74) is 5.50. The van der Waals surface area contributed by atoms with Crippen LogP contribution in [0.25, 0.3) is 0 Å². The number of carboxylic acid groups (broad SMARTS) is 1. The van der Waals surface area contributed by atoms with E-state index in [1.165, 1.54) is 0 Å². The average molecular weight is 221 g/mol. The van der Waals surface area contributed by atoms with Crippen molar-refractivity contribution in [1.82, 2.24) is 0 Å². The standard InChI is InChI=1S/C9H19NO3S/c1-9(2,3)14-5-4-6(10)7(11)8(12)13/h6-7,11H,4-5,10H2,1-3H3,(H,12,13)/t6-,7?/m1/s1. The van der Waals surface area contributed by atoms with Gasteiger partial charge in [0, 0.05) is 10.8 Å². The summed E-state index contributed by atoms with van der Waals surface area (Å²) in [5.74, 6) is -0.493. The second kappa shape index (κ2) is 5.58. The van der Waals surface area contributed by atoms with E-state index in [0.717, 1.165) is 5.75 Å². The van der Waals surface area contributed by atoms with Crippen LogP contribution in [0.2, 0.25) is 0 Å². The Labute approximate surface area is 88.9 Å². The summed E-state index contributed by atoms with van der Waals surface area (Å²) in [6, 6.07) is -0.678. The van der Waals surface area contributed by atoms with Crippen LogP contribution >= 0.6 is 11.8 Å². The topological polar surface area (TPSA) is 83.5 Å². The Morgan fingerprint density at radius 2 is 2.00 bits per heavy atom. The van der Waals surface area contributed by atoms with Gasteiger partial charge < -0.3 is 15.9 Å². The highest BCUT2D eigenvalue weighted by Crippen LogP contribution is 2.24. The predicted molar refractivity (Wildman–Crippen MR) is 58.4 cm³/mol. The maximum atomic E-state index is 10.4. The number of hydrogen-bond donors (Lipinski definition) is 3. The molecule has 2 atom stereocenters. The normalized spacial score (nSPS) is 16.4. The maximum Gasteiger partial charge on any atom is 0.334 e. The van der Waals surface area contributed by atoms with E-state index in [0.29, 0.717) is 6.42 Å². The van der Waals surface area contributed by atoms with Crippen LogP contribution < -0.4 is 5.73 Å². The van der Waals surface area contributed by atoms with Crippen molar-refractivity contribution in [3.8, 4) is 0 Å². The van der Waals surface area contributed by atoms with Crippen molar-refractivity contribution in [2.75, 3.05) is 5.75 Å². The molecule has 0 saturated carbocycles. The van der Waals surface area contributed by atoms with Crippen LogP contribution in [0, 0.1) is 0 Å².